The van der Waals surface area contributed by atoms with Crippen molar-refractivity contribution in [1.82, 2.24) is 20.2 Å². The van der Waals surface area contributed by atoms with E-state index in [4.69, 9.17) is 16.3 Å². The lowest BCUT2D eigenvalue weighted by Gasteiger charge is -2.26. The van der Waals surface area contributed by atoms with E-state index in [1.165, 1.54) is 6.20 Å². The number of aliphatic hydroxyl groups is 1. The topological polar surface area (TPSA) is 105 Å². The number of alkyl halides is 1. The summed E-state index contributed by atoms with van der Waals surface area (Å²) in [5.74, 6) is -0.315. The summed E-state index contributed by atoms with van der Waals surface area (Å²) in [6.45, 7) is 3.02. The molecule has 0 saturated heterocycles. The van der Waals surface area contributed by atoms with Crippen molar-refractivity contribution in [3.8, 4) is 5.88 Å². The molecule has 1 amide bonds. The summed E-state index contributed by atoms with van der Waals surface area (Å²) in [5.41, 5.74) is 1.71. The molecule has 2 N–H and O–H groups in total. The number of ether oxygens (including phenoxy) is 1. The van der Waals surface area contributed by atoms with Crippen molar-refractivity contribution in [2.75, 3.05) is 26.9 Å². The number of carbonyl (C=O) groups is 2. The van der Waals surface area contributed by atoms with E-state index in [0.717, 1.165) is 5.56 Å². The smallest absolute Gasteiger partial charge is 0.270 e. The molecule has 10 heteroatoms. The molecule has 0 aliphatic rings. The van der Waals surface area contributed by atoms with Crippen LogP contribution in [0.25, 0.3) is 0 Å². The van der Waals surface area contributed by atoms with Crippen LogP contribution in [0.3, 0.4) is 0 Å². The van der Waals surface area contributed by atoms with E-state index in [9.17, 15) is 19.1 Å². The first-order chi connectivity index (χ1) is 14.8. The number of hydrogen-bond donors (Lipinski definition) is 2. The molecule has 2 atom stereocenters. The maximum absolute atomic E-state index is 12.5. The largest absolute Gasteiger partial charge is 0.474 e. The van der Waals surface area contributed by atoms with E-state index in [-0.39, 0.29) is 42.3 Å². The minimum absolute atomic E-state index is 0.0680. The predicted molar refractivity (Wildman–Crippen MR) is 114 cm³/mol. The maximum atomic E-state index is 12.5. The van der Waals surface area contributed by atoms with E-state index in [1.54, 1.807) is 25.3 Å². The third-order valence-electron chi connectivity index (χ3n) is 4.69. The standard InChI is InChI=1S/C21H26ClFN4O4/c1-13(29)9-25-20(30)19-17(15(12-28)4-6-24-19)11-27(3)14(2)16-8-18(22)21(26-10-16)31-7-5-23/h4,6,8,10,12-14,29H,5,7,9,11H2,1-3H3,(H,25,30). The molecule has 8 nitrogen and oxygen atoms in total. The molecule has 2 aromatic rings. The summed E-state index contributed by atoms with van der Waals surface area (Å²) < 4.78 is 17.4. The number of aldehydes is 1. The summed E-state index contributed by atoms with van der Waals surface area (Å²) in [6.07, 6.45) is 2.95. The molecule has 2 unspecified atom stereocenters. The normalized spacial score (nSPS) is 13.0. The number of nitrogens with zero attached hydrogens (tertiary/aromatic N) is 3. The first-order valence-electron chi connectivity index (χ1n) is 9.72. The molecule has 2 heterocycles. The Hall–Kier alpha value is -2.62. The van der Waals surface area contributed by atoms with Crippen LogP contribution in [0, 0.1) is 0 Å². The van der Waals surface area contributed by atoms with Crippen LogP contribution in [-0.4, -0.2) is 65.1 Å². The van der Waals surface area contributed by atoms with E-state index >= 15 is 0 Å². The molecular formula is C21H26ClFN4O4. The van der Waals surface area contributed by atoms with Crippen LogP contribution in [-0.2, 0) is 6.54 Å². The Morgan fingerprint density at radius 3 is 2.77 bits per heavy atom. The number of nitrogens with one attached hydrogen (secondary N) is 1. The molecule has 0 saturated carbocycles. The van der Waals surface area contributed by atoms with Gasteiger partial charge in [-0.25, -0.2) is 9.37 Å². The molecule has 0 aliphatic heterocycles. The zero-order chi connectivity index (χ0) is 23.0. The minimum atomic E-state index is -0.710. The maximum Gasteiger partial charge on any atom is 0.270 e. The highest BCUT2D eigenvalue weighted by Gasteiger charge is 2.21. The number of pyridine rings is 2. The van der Waals surface area contributed by atoms with Gasteiger partial charge in [-0.2, -0.15) is 0 Å². The van der Waals surface area contributed by atoms with Crippen molar-refractivity contribution in [2.45, 2.75) is 32.5 Å². The number of rotatable bonds is 11. The average Bonchev–Trinajstić information content (AvgIpc) is 2.76. The van der Waals surface area contributed by atoms with Crippen molar-refractivity contribution in [1.29, 1.82) is 0 Å². The van der Waals surface area contributed by atoms with Gasteiger partial charge in [-0.1, -0.05) is 11.6 Å². The van der Waals surface area contributed by atoms with Gasteiger partial charge in [-0.15, -0.1) is 0 Å². The quantitative estimate of drug-likeness (QED) is 0.505. The van der Waals surface area contributed by atoms with Crippen LogP contribution in [0.15, 0.2) is 24.5 Å². The molecule has 0 aromatic carbocycles. The van der Waals surface area contributed by atoms with E-state index in [1.807, 2.05) is 18.9 Å². The summed E-state index contributed by atoms with van der Waals surface area (Å²) in [4.78, 5) is 34.3. The Morgan fingerprint density at radius 2 is 2.16 bits per heavy atom. The van der Waals surface area contributed by atoms with Gasteiger partial charge in [0.2, 0.25) is 5.88 Å². The summed E-state index contributed by atoms with van der Waals surface area (Å²) in [5, 5.41) is 12.3. The second-order valence-corrected chi connectivity index (χ2v) is 7.50. The second kappa shape index (κ2) is 11.7. The van der Waals surface area contributed by atoms with Gasteiger partial charge in [0.15, 0.2) is 6.29 Å². The van der Waals surface area contributed by atoms with Crippen LogP contribution >= 0.6 is 11.6 Å². The molecule has 31 heavy (non-hydrogen) atoms. The van der Waals surface area contributed by atoms with Crippen LogP contribution < -0.4 is 10.1 Å². The molecule has 168 valence electrons. The Balaban J connectivity index is 2.24. The lowest BCUT2D eigenvalue weighted by atomic mass is 10.0. The minimum Gasteiger partial charge on any atom is -0.474 e. The highest BCUT2D eigenvalue weighted by Crippen LogP contribution is 2.28. The van der Waals surface area contributed by atoms with Gasteiger partial charge < -0.3 is 15.2 Å². The van der Waals surface area contributed by atoms with Crippen LogP contribution in [0.1, 0.15) is 51.9 Å². The Labute approximate surface area is 185 Å². The monoisotopic (exact) mass is 452 g/mol. The van der Waals surface area contributed by atoms with Crippen LogP contribution in [0.2, 0.25) is 5.02 Å². The lowest BCUT2D eigenvalue weighted by molar-refractivity contribution is 0.0916. The fourth-order valence-corrected chi connectivity index (χ4v) is 3.08. The number of amides is 1. The van der Waals surface area contributed by atoms with Gasteiger partial charge in [0.1, 0.15) is 24.0 Å². The van der Waals surface area contributed by atoms with Gasteiger partial charge >= 0.3 is 0 Å². The fraction of sp³-hybridized carbons (Fsp3) is 0.429. The summed E-state index contributed by atoms with van der Waals surface area (Å²) in [7, 11) is 1.82. The molecule has 0 bridgehead atoms. The lowest BCUT2D eigenvalue weighted by Crippen LogP contribution is -2.33. The van der Waals surface area contributed by atoms with Crippen molar-refractivity contribution < 1.29 is 23.8 Å². The zero-order valence-corrected chi connectivity index (χ0v) is 18.4. The van der Waals surface area contributed by atoms with Crippen LogP contribution in [0.5, 0.6) is 5.88 Å². The predicted octanol–water partition coefficient (Wildman–Crippen LogP) is 2.59. The summed E-state index contributed by atoms with van der Waals surface area (Å²) in [6, 6.07) is 3.04. The van der Waals surface area contributed by atoms with Crippen LogP contribution in [0.4, 0.5) is 4.39 Å². The molecular weight excluding hydrogens is 427 g/mol. The Bertz CT molecular complexity index is 913. The molecule has 0 fully saturated rings. The Morgan fingerprint density at radius 1 is 1.42 bits per heavy atom. The number of aromatic nitrogens is 2. The van der Waals surface area contributed by atoms with Crippen molar-refractivity contribution in [2.24, 2.45) is 0 Å². The third-order valence-corrected chi connectivity index (χ3v) is 4.96. The van der Waals surface area contributed by atoms with Gasteiger partial charge in [-0.05, 0) is 38.6 Å². The number of aliphatic hydroxyl groups excluding tert-OH is 1. The summed E-state index contributed by atoms with van der Waals surface area (Å²) >= 11 is 6.19. The Kier molecular flexibility index (Phi) is 9.29. The average molecular weight is 453 g/mol. The van der Waals surface area contributed by atoms with Gasteiger partial charge in [0.25, 0.3) is 5.91 Å². The molecule has 0 radical (unpaired) electrons. The van der Waals surface area contributed by atoms with Gasteiger partial charge in [0, 0.05) is 42.7 Å². The van der Waals surface area contributed by atoms with Crippen molar-refractivity contribution in [3.05, 3.63) is 51.9 Å². The number of hydrogen-bond acceptors (Lipinski definition) is 7. The fourth-order valence-electron chi connectivity index (χ4n) is 2.85. The molecule has 2 rings (SSSR count). The second-order valence-electron chi connectivity index (χ2n) is 7.09. The third kappa shape index (κ3) is 6.68. The van der Waals surface area contributed by atoms with Gasteiger partial charge in [-0.3, -0.25) is 19.5 Å². The van der Waals surface area contributed by atoms with Crippen molar-refractivity contribution >= 4 is 23.8 Å². The van der Waals surface area contributed by atoms with Gasteiger partial charge in [0.05, 0.1) is 6.10 Å². The molecule has 2 aromatic heterocycles. The highest BCUT2D eigenvalue weighted by molar-refractivity contribution is 6.31. The van der Waals surface area contributed by atoms with Crippen molar-refractivity contribution in [3.63, 3.8) is 0 Å². The number of halogens is 2. The first-order valence-corrected chi connectivity index (χ1v) is 10.1. The van der Waals surface area contributed by atoms with E-state index in [0.29, 0.717) is 17.4 Å². The molecule has 0 aliphatic carbocycles. The van der Waals surface area contributed by atoms with E-state index < -0.39 is 18.7 Å². The molecule has 0 spiro atoms. The first kappa shape index (κ1) is 24.6. The SMILES string of the molecule is CC(O)CNC(=O)c1nccc(C=O)c1CN(C)C(C)c1cnc(OCCF)c(Cl)c1. The highest BCUT2D eigenvalue weighted by atomic mass is 35.5. The van der Waals surface area contributed by atoms with E-state index in [2.05, 4.69) is 15.3 Å². The zero-order valence-electron chi connectivity index (χ0n) is 17.6. The number of carbonyl (C=O) groups excluding carboxylic acids is 2.